The average molecular weight is 241 g/mol. The van der Waals surface area contributed by atoms with Crippen LogP contribution >= 0.6 is 0 Å². The van der Waals surface area contributed by atoms with Crippen LogP contribution in [0.3, 0.4) is 0 Å². The topological polar surface area (TPSA) is 43.0 Å². The van der Waals surface area contributed by atoms with Gasteiger partial charge in [-0.15, -0.1) is 0 Å². The zero-order chi connectivity index (χ0) is 12.3. The van der Waals surface area contributed by atoms with Gasteiger partial charge in [-0.25, -0.2) is 4.98 Å². The van der Waals surface area contributed by atoms with Gasteiger partial charge in [-0.3, -0.25) is 4.57 Å². The highest BCUT2D eigenvalue weighted by molar-refractivity contribution is 5.05. The Bertz CT molecular complexity index is 479. The van der Waals surface area contributed by atoms with E-state index in [-0.39, 0.29) is 6.54 Å². The van der Waals surface area contributed by atoms with Gasteiger partial charge in [0.05, 0.1) is 13.1 Å². The maximum absolute atomic E-state index is 12.5. The van der Waals surface area contributed by atoms with Gasteiger partial charge >= 0.3 is 6.55 Å². The van der Waals surface area contributed by atoms with Crippen molar-refractivity contribution in [3.8, 4) is 0 Å². The Hall–Kier alpha value is -1.69. The Morgan fingerprint density at radius 3 is 2.88 bits per heavy atom. The molecule has 0 unspecified atom stereocenters. The number of nitrogens with zero attached hydrogens (tertiary/aromatic N) is 2. The van der Waals surface area contributed by atoms with Crippen molar-refractivity contribution < 1.29 is 13.2 Å². The molecule has 0 saturated carbocycles. The first-order valence-electron chi connectivity index (χ1n) is 5.22. The Morgan fingerprint density at radius 2 is 2.24 bits per heavy atom. The highest BCUT2D eigenvalue weighted by Crippen LogP contribution is 2.12. The first kappa shape index (κ1) is 11.8. The summed E-state index contributed by atoms with van der Waals surface area (Å²) in [4.78, 5) is 3.86. The van der Waals surface area contributed by atoms with E-state index in [1.54, 1.807) is 0 Å². The van der Waals surface area contributed by atoms with Crippen LogP contribution in [0.4, 0.5) is 8.78 Å². The van der Waals surface area contributed by atoms with Crippen LogP contribution < -0.4 is 5.32 Å². The van der Waals surface area contributed by atoms with Crippen LogP contribution in [-0.2, 0) is 13.1 Å². The van der Waals surface area contributed by atoms with Crippen LogP contribution in [0.2, 0.25) is 0 Å². The number of aromatic nitrogens is 2. The molecular weight excluding hydrogens is 228 g/mol. The minimum absolute atomic E-state index is 0.275. The predicted octanol–water partition coefficient (Wildman–Crippen LogP) is 2.47. The number of hydrogen-bond donors (Lipinski definition) is 1. The number of halogens is 2. The van der Waals surface area contributed by atoms with Crippen molar-refractivity contribution in [2.45, 2.75) is 26.6 Å². The SMILES string of the molecule is Cc1ccc(CNCc2nccn2C(F)F)o1. The summed E-state index contributed by atoms with van der Waals surface area (Å²) in [5, 5.41) is 3.00. The van der Waals surface area contributed by atoms with Crippen LogP contribution in [0.1, 0.15) is 23.9 Å². The second-order valence-electron chi connectivity index (χ2n) is 3.64. The Morgan fingerprint density at radius 1 is 1.41 bits per heavy atom. The number of rotatable bonds is 5. The van der Waals surface area contributed by atoms with Crippen molar-refractivity contribution in [2.75, 3.05) is 0 Å². The van der Waals surface area contributed by atoms with Gasteiger partial charge in [0, 0.05) is 12.4 Å². The second-order valence-corrected chi connectivity index (χ2v) is 3.64. The first-order valence-corrected chi connectivity index (χ1v) is 5.22. The summed E-state index contributed by atoms with van der Waals surface area (Å²) in [6.45, 7) is 0.0637. The normalized spacial score (nSPS) is 11.3. The molecule has 0 aliphatic rings. The fraction of sp³-hybridized carbons (Fsp3) is 0.364. The molecule has 0 spiro atoms. The fourth-order valence-corrected chi connectivity index (χ4v) is 1.54. The zero-order valence-corrected chi connectivity index (χ0v) is 9.36. The van der Waals surface area contributed by atoms with Gasteiger partial charge in [0.25, 0.3) is 0 Å². The summed E-state index contributed by atoms with van der Waals surface area (Å²) >= 11 is 0. The summed E-state index contributed by atoms with van der Waals surface area (Å²) < 4.78 is 31.2. The summed E-state index contributed by atoms with van der Waals surface area (Å²) in [7, 11) is 0. The van der Waals surface area contributed by atoms with Gasteiger partial charge in [-0.2, -0.15) is 8.78 Å². The Labute approximate surface area is 97.3 Å². The molecule has 17 heavy (non-hydrogen) atoms. The molecule has 0 aliphatic carbocycles. The molecule has 0 amide bonds. The molecule has 1 N–H and O–H groups in total. The minimum atomic E-state index is -2.56. The summed E-state index contributed by atoms with van der Waals surface area (Å²) in [6.07, 6.45) is 2.62. The first-order chi connectivity index (χ1) is 8.16. The van der Waals surface area contributed by atoms with Crippen molar-refractivity contribution in [3.63, 3.8) is 0 Å². The molecular formula is C11H13F2N3O. The number of nitrogens with one attached hydrogen (secondary N) is 1. The van der Waals surface area contributed by atoms with E-state index in [0.29, 0.717) is 12.4 Å². The number of alkyl halides is 2. The van der Waals surface area contributed by atoms with Crippen molar-refractivity contribution in [1.29, 1.82) is 0 Å². The monoisotopic (exact) mass is 241 g/mol. The lowest BCUT2D eigenvalue weighted by Crippen LogP contribution is -2.16. The van der Waals surface area contributed by atoms with Crippen LogP contribution in [0.5, 0.6) is 0 Å². The molecule has 0 fully saturated rings. The molecule has 92 valence electrons. The molecule has 4 nitrogen and oxygen atoms in total. The van der Waals surface area contributed by atoms with E-state index in [1.165, 1.54) is 12.4 Å². The molecule has 2 heterocycles. The number of imidazole rings is 1. The Kier molecular flexibility index (Phi) is 3.53. The van der Waals surface area contributed by atoms with E-state index in [9.17, 15) is 8.78 Å². The van der Waals surface area contributed by atoms with E-state index in [2.05, 4.69) is 10.3 Å². The Balaban J connectivity index is 1.88. The van der Waals surface area contributed by atoms with Crippen LogP contribution in [-0.4, -0.2) is 9.55 Å². The molecule has 2 aromatic heterocycles. The number of hydrogen-bond acceptors (Lipinski definition) is 3. The third-order valence-electron chi connectivity index (χ3n) is 2.34. The van der Waals surface area contributed by atoms with Gasteiger partial charge in [-0.05, 0) is 19.1 Å². The van der Waals surface area contributed by atoms with E-state index >= 15 is 0 Å². The highest BCUT2D eigenvalue weighted by Gasteiger charge is 2.10. The molecule has 0 bridgehead atoms. The maximum Gasteiger partial charge on any atom is 0.319 e. The van der Waals surface area contributed by atoms with E-state index in [4.69, 9.17) is 4.42 Å². The van der Waals surface area contributed by atoms with Gasteiger partial charge in [0.15, 0.2) is 0 Å². The molecule has 0 radical (unpaired) electrons. The van der Waals surface area contributed by atoms with E-state index < -0.39 is 6.55 Å². The molecule has 6 heteroatoms. The third kappa shape index (κ3) is 2.91. The van der Waals surface area contributed by atoms with Crippen LogP contribution in [0.25, 0.3) is 0 Å². The largest absolute Gasteiger partial charge is 0.465 e. The van der Waals surface area contributed by atoms with Gasteiger partial charge in [0.2, 0.25) is 0 Å². The van der Waals surface area contributed by atoms with Gasteiger partial charge in [0.1, 0.15) is 17.3 Å². The standard InChI is InChI=1S/C11H13F2N3O/c1-8-2-3-9(17-8)6-14-7-10-15-4-5-16(10)11(12)13/h2-5,11,14H,6-7H2,1H3. The number of aryl methyl sites for hydroxylation is 1. The maximum atomic E-state index is 12.5. The smallest absolute Gasteiger partial charge is 0.319 e. The lowest BCUT2D eigenvalue weighted by molar-refractivity contribution is 0.0666. The molecule has 0 aromatic carbocycles. The molecule has 2 rings (SSSR count). The van der Waals surface area contributed by atoms with Crippen molar-refractivity contribution in [3.05, 3.63) is 41.9 Å². The fourth-order valence-electron chi connectivity index (χ4n) is 1.54. The molecule has 2 aromatic rings. The summed E-state index contributed by atoms with van der Waals surface area (Å²) in [6, 6.07) is 3.71. The van der Waals surface area contributed by atoms with E-state index in [0.717, 1.165) is 16.1 Å². The van der Waals surface area contributed by atoms with Crippen LogP contribution in [0.15, 0.2) is 28.9 Å². The van der Waals surface area contributed by atoms with Gasteiger partial charge in [-0.1, -0.05) is 0 Å². The zero-order valence-electron chi connectivity index (χ0n) is 9.36. The molecule has 0 aliphatic heterocycles. The van der Waals surface area contributed by atoms with E-state index in [1.807, 2.05) is 19.1 Å². The molecule has 0 atom stereocenters. The average Bonchev–Trinajstić information content (AvgIpc) is 2.87. The predicted molar refractivity (Wildman–Crippen MR) is 57.5 cm³/mol. The van der Waals surface area contributed by atoms with Crippen molar-refractivity contribution in [2.24, 2.45) is 0 Å². The van der Waals surface area contributed by atoms with Crippen LogP contribution in [0, 0.1) is 6.92 Å². The van der Waals surface area contributed by atoms with Gasteiger partial charge < -0.3 is 9.73 Å². The molecule has 0 saturated heterocycles. The minimum Gasteiger partial charge on any atom is -0.465 e. The lowest BCUT2D eigenvalue weighted by Gasteiger charge is -2.06. The third-order valence-corrected chi connectivity index (χ3v) is 2.34. The summed E-state index contributed by atoms with van der Waals surface area (Å²) in [5.74, 6) is 1.91. The number of furan rings is 1. The quantitative estimate of drug-likeness (QED) is 0.874. The highest BCUT2D eigenvalue weighted by atomic mass is 19.3. The van der Waals surface area contributed by atoms with Crippen molar-refractivity contribution >= 4 is 0 Å². The van der Waals surface area contributed by atoms with Crippen molar-refractivity contribution in [1.82, 2.24) is 14.9 Å². The second kappa shape index (κ2) is 5.09. The summed E-state index contributed by atoms with van der Waals surface area (Å²) in [5.41, 5.74) is 0. The lowest BCUT2D eigenvalue weighted by atomic mass is 10.4.